The van der Waals surface area contributed by atoms with E-state index in [1.807, 2.05) is 17.5 Å². The van der Waals surface area contributed by atoms with E-state index in [9.17, 15) is 4.79 Å². The second-order valence-electron chi connectivity index (χ2n) is 7.49. The molecule has 3 nitrogen and oxygen atoms in total. The molecule has 1 aliphatic rings. The van der Waals surface area contributed by atoms with Crippen molar-refractivity contribution in [1.29, 1.82) is 0 Å². The number of carbonyl (C=O) groups excluding carboxylic acids is 1. The molecule has 4 heteroatoms. The summed E-state index contributed by atoms with van der Waals surface area (Å²) < 4.78 is 5.97. The van der Waals surface area contributed by atoms with Crippen molar-refractivity contribution < 1.29 is 9.53 Å². The Morgan fingerprint density at radius 2 is 2.05 bits per heavy atom. The minimum Gasteiger partial charge on any atom is -0.492 e. The van der Waals surface area contributed by atoms with Gasteiger partial charge in [0.2, 0.25) is 5.78 Å². The molecule has 22 heavy (non-hydrogen) atoms. The second-order valence-corrected chi connectivity index (χ2v) is 8.38. The number of benzene rings is 1. The third-order valence-electron chi connectivity index (χ3n) is 4.09. The zero-order valence-corrected chi connectivity index (χ0v) is 14.5. The van der Waals surface area contributed by atoms with E-state index in [1.54, 1.807) is 6.20 Å². The van der Waals surface area contributed by atoms with Gasteiger partial charge in [0.1, 0.15) is 5.75 Å². The summed E-state index contributed by atoms with van der Waals surface area (Å²) in [5.41, 5.74) is 2.77. The minimum absolute atomic E-state index is 0.00833. The number of aromatic nitrogens is 1. The maximum Gasteiger partial charge on any atom is 0.221 e. The molecule has 0 radical (unpaired) electrons. The standard InChI is InChI=1S/C18H21NO2S/c1-17(2,3)12-8-11(14(20)16-19-6-7-22-16)9-13-15(12)21-10-18(13,4)5/h6-9H,10H2,1-5H3. The van der Waals surface area contributed by atoms with Crippen LogP contribution in [0.5, 0.6) is 5.75 Å². The molecular formula is C18H21NO2S. The Bertz CT molecular complexity index is 724. The highest BCUT2D eigenvalue weighted by atomic mass is 32.1. The minimum atomic E-state index is -0.0797. The molecule has 1 aromatic heterocycles. The number of ether oxygens (including phenoxy) is 1. The monoisotopic (exact) mass is 315 g/mol. The Hall–Kier alpha value is -1.68. The highest BCUT2D eigenvalue weighted by molar-refractivity contribution is 7.11. The Morgan fingerprint density at radius 3 is 2.64 bits per heavy atom. The van der Waals surface area contributed by atoms with Gasteiger partial charge in [-0.3, -0.25) is 4.79 Å². The first kappa shape index (κ1) is 15.2. The predicted octanol–water partition coefficient (Wildman–Crippen LogP) is 4.34. The molecule has 0 bridgehead atoms. The Balaban J connectivity index is 2.20. The molecule has 0 amide bonds. The van der Waals surface area contributed by atoms with Crippen molar-refractivity contribution in [3.8, 4) is 5.75 Å². The summed E-state index contributed by atoms with van der Waals surface area (Å²) in [5.74, 6) is 0.944. The van der Waals surface area contributed by atoms with Crippen LogP contribution in [0, 0.1) is 0 Å². The van der Waals surface area contributed by atoms with E-state index < -0.39 is 0 Å². The zero-order valence-electron chi connectivity index (χ0n) is 13.7. The van der Waals surface area contributed by atoms with Crippen molar-refractivity contribution in [3.05, 3.63) is 45.4 Å². The molecule has 0 saturated heterocycles. The zero-order chi connectivity index (χ0) is 16.1. The summed E-state index contributed by atoms with van der Waals surface area (Å²) >= 11 is 1.38. The first-order chi connectivity index (χ1) is 10.2. The number of carbonyl (C=O) groups is 1. The van der Waals surface area contributed by atoms with Gasteiger partial charge in [-0.15, -0.1) is 11.3 Å². The van der Waals surface area contributed by atoms with Crippen LogP contribution in [-0.2, 0) is 10.8 Å². The van der Waals surface area contributed by atoms with Gasteiger partial charge in [0.25, 0.3) is 0 Å². The first-order valence-corrected chi connectivity index (χ1v) is 8.34. The van der Waals surface area contributed by atoms with E-state index in [4.69, 9.17) is 4.74 Å². The smallest absolute Gasteiger partial charge is 0.221 e. The Labute approximate surface area is 135 Å². The lowest BCUT2D eigenvalue weighted by molar-refractivity contribution is 0.103. The van der Waals surface area contributed by atoms with Crippen molar-refractivity contribution >= 4 is 17.1 Å². The molecular weight excluding hydrogens is 294 g/mol. The predicted molar refractivity (Wildman–Crippen MR) is 89.2 cm³/mol. The van der Waals surface area contributed by atoms with Gasteiger partial charge in [0.05, 0.1) is 6.61 Å². The summed E-state index contributed by atoms with van der Waals surface area (Å²) in [6.45, 7) is 11.4. The van der Waals surface area contributed by atoms with Crippen molar-refractivity contribution in [2.75, 3.05) is 6.61 Å². The van der Waals surface area contributed by atoms with Crippen LogP contribution in [0.2, 0.25) is 0 Å². The molecule has 0 saturated carbocycles. The van der Waals surface area contributed by atoms with E-state index in [-0.39, 0.29) is 16.6 Å². The fourth-order valence-electron chi connectivity index (χ4n) is 2.76. The van der Waals surface area contributed by atoms with Crippen molar-refractivity contribution in [2.45, 2.75) is 45.4 Å². The molecule has 0 N–H and O–H groups in total. The lowest BCUT2D eigenvalue weighted by Gasteiger charge is -2.23. The molecule has 116 valence electrons. The SMILES string of the molecule is CC(C)(C)c1cc(C(=O)c2nccs2)cc2c1OCC2(C)C. The van der Waals surface area contributed by atoms with Crippen LogP contribution in [0.4, 0.5) is 0 Å². The lowest BCUT2D eigenvalue weighted by Crippen LogP contribution is -2.19. The lowest BCUT2D eigenvalue weighted by atomic mass is 9.79. The maximum atomic E-state index is 12.7. The van der Waals surface area contributed by atoms with Gasteiger partial charge in [-0.1, -0.05) is 34.6 Å². The Morgan fingerprint density at radius 1 is 1.32 bits per heavy atom. The van der Waals surface area contributed by atoms with E-state index in [2.05, 4.69) is 39.6 Å². The summed E-state index contributed by atoms with van der Waals surface area (Å²) in [7, 11) is 0. The van der Waals surface area contributed by atoms with Gasteiger partial charge in [-0.25, -0.2) is 4.98 Å². The van der Waals surface area contributed by atoms with E-state index in [0.29, 0.717) is 17.2 Å². The fourth-order valence-corrected chi connectivity index (χ4v) is 3.36. The van der Waals surface area contributed by atoms with E-state index in [1.165, 1.54) is 11.3 Å². The third kappa shape index (κ3) is 2.45. The van der Waals surface area contributed by atoms with Crippen LogP contribution in [0.1, 0.15) is 61.1 Å². The molecule has 1 aliphatic heterocycles. The average Bonchev–Trinajstić information content (AvgIpc) is 3.05. The van der Waals surface area contributed by atoms with Gasteiger partial charge in [0, 0.05) is 33.7 Å². The van der Waals surface area contributed by atoms with Gasteiger partial charge in [-0.05, 0) is 17.5 Å². The summed E-state index contributed by atoms with van der Waals surface area (Å²) in [6, 6.07) is 3.96. The molecule has 2 aromatic rings. The highest BCUT2D eigenvalue weighted by Crippen LogP contribution is 2.45. The van der Waals surface area contributed by atoms with Crippen LogP contribution < -0.4 is 4.74 Å². The largest absolute Gasteiger partial charge is 0.492 e. The van der Waals surface area contributed by atoms with Gasteiger partial charge in [0.15, 0.2) is 5.01 Å². The van der Waals surface area contributed by atoms with Crippen LogP contribution in [0.15, 0.2) is 23.7 Å². The molecule has 0 fully saturated rings. The molecule has 3 rings (SSSR count). The molecule has 0 aliphatic carbocycles. The number of ketones is 1. The van der Waals surface area contributed by atoms with Crippen LogP contribution in [0.3, 0.4) is 0 Å². The first-order valence-electron chi connectivity index (χ1n) is 7.46. The molecule has 1 aromatic carbocycles. The molecule has 0 spiro atoms. The van der Waals surface area contributed by atoms with Gasteiger partial charge >= 0.3 is 0 Å². The number of hydrogen-bond acceptors (Lipinski definition) is 4. The van der Waals surface area contributed by atoms with E-state index in [0.717, 1.165) is 16.9 Å². The second kappa shape index (κ2) is 4.92. The van der Waals surface area contributed by atoms with Gasteiger partial charge < -0.3 is 4.74 Å². The topological polar surface area (TPSA) is 39.2 Å². The van der Waals surface area contributed by atoms with Crippen LogP contribution in [0.25, 0.3) is 0 Å². The van der Waals surface area contributed by atoms with Crippen molar-refractivity contribution in [3.63, 3.8) is 0 Å². The molecule has 2 heterocycles. The van der Waals surface area contributed by atoms with Gasteiger partial charge in [-0.2, -0.15) is 0 Å². The summed E-state index contributed by atoms with van der Waals surface area (Å²) in [6.07, 6.45) is 1.67. The number of fused-ring (bicyclic) bond motifs is 1. The summed E-state index contributed by atoms with van der Waals surface area (Å²) in [4.78, 5) is 16.9. The quantitative estimate of drug-likeness (QED) is 0.774. The highest BCUT2D eigenvalue weighted by Gasteiger charge is 2.37. The number of nitrogens with zero attached hydrogens (tertiary/aromatic N) is 1. The average molecular weight is 315 g/mol. The van der Waals surface area contributed by atoms with E-state index >= 15 is 0 Å². The third-order valence-corrected chi connectivity index (χ3v) is 4.86. The number of hydrogen-bond donors (Lipinski definition) is 0. The summed E-state index contributed by atoms with van der Waals surface area (Å²) in [5, 5.41) is 2.37. The maximum absolute atomic E-state index is 12.7. The fraction of sp³-hybridized carbons (Fsp3) is 0.444. The normalized spacial score (nSPS) is 16.2. The number of thiazole rings is 1. The Kier molecular flexibility index (Phi) is 3.40. The number of rotatable bonds is 2. The molecule has 0 atom stereocenters. The van der Waals surface area contributed by atoms with Crippen LogP contribution >= 0.6 is 11.3 Å². The molecule has 0 unspecified atom stereocenters. The van der Waals surface area contributed by atoms with Crippen LogP contribution in [-0.4, -0.2) is 17.4 Å². The van der Waals surface area contributed by atoms with Crippen molar-refractivity contribution in [1.82, 2.24) is 4.98 Å². The van der Waals surface area contributed by atoms with Crippen molar-refractivity contribution in [2.24, 2.45) is 0 Å².